The van der Waals surface area contributed by atoms with Crippen LogP contribution >= 0.6 is 0 Å². The Morgan fingerprint density at radius 3 is 2.70 bits per heavy atom. The van der Waals surface area contributed by atoms with Crippen molar-refractivity contribution in [1.82, 2.24) is 0 Å². The summed E-state index contributed by atoms with van der Waals surface area (Å²) >= 11 is 0. The van der Waals surface area contributed by atoms with Gasteiger partial charge in [0.25, 0.3) is 0 Å². The molecule has 6 unspecified atom stereocenters. The minimum atomic E-state index is -0.127. The fourth-order valence-electron chi connectivity index (χ4n) is 9.21. The van der Waals surface area contributed by atoms with Crippen LogP contribution < -0.4 is 0 Å². The normalized spacial score (nSPS) is 58.1. The second-order valence-corrected chi connectivity index (χ2v) is 11.1. The molecule has 3 heteroatoms. The summed E-state index contributed by atoms with van der Waals surface area (Å²) in [4.78, 5) is 12.2. The van der Waals surface area contributed by atoms with Gasteiger partial charge >= 0.3 is 5.97 Å². The minimum Gasteiger partial charge on any atom is -0.458 e. The Balaban J connectivity index is 1.42. The number of carbonyl (C=O) groups excluding carboxylic acids is 1. The number of allylic oxidation sites excluding steroid dienone is 2. The lowest BCUT2D eigenvalue weighted by atomic mass is 9.45. The third-order valence-corrected chi connectivity index (χ3v) is 10.4. The molecule has 4 saturated carbocycles. The minimum absolute atomic E-state index is 0.0609. The van der Waals surface area contributed by atoms with Crippen molar-refractivity contribution in [3.63, 3.8) is 0 Å². The highest BCUT2D eigenvalue weighted by Gasteiger charge is 2.79. The zero-order valence-corrected chi connectivity index (χ0v) is 17.0. The van der Waals surface area contributed by atoms with Crippen LogP contribution in [0.1, 0.15) is 65.7 Å². The van der Waals surface area contributed by atoms with E-state index >= 15 is 0 Å². The second-order valence-electron chi connectivity index (χ2n) is 11.1. The van der Waals surface area contributed by atoms with Gasteiger partial charge in [-0.1, -0.05) is 26.3 Å². The van der Waals surface area contributed by atoms with Crippen molar-refractivity contribution >= 4 is 11.7 Å². The zero-order valence-electron chi connectivity index (χ0n) is 17.0. The highest BCUT2D eigenvalue weighted by Crippen LogP contribution is 2.79. The third-order valence-electron chi connectivity index (χ3n) is 10.4. The number of rotatable bonds is 0. The van der Waals surface area contributed by atoms with E-state index < -0.39 is 0 Å². The molecule has 5 fully saturated rings. The monoisotopic (exact) mass is 367 g/mol. The number of esters is 1. The van der Waals surface area contributed by atoms with E-state index in [1.807, 2.05) is 0 Å². The first-order valence-electron chi connectivity index (χ1n) is 11.4. The standard InChI is InChI=1S/C24H33NO2/c1-12-13(2)21-16(15-5-4-14(25)10-17(12)15)6-8-23(3)22(21)18-11-19(18)24(23)9-7-20(26)27-24/h10,12-13,15-16,18-19,21-22,25H,4-9,11H2,1-3H3/t12-,13+,15?,16?,18+,19?,21?,22?,23+,24?/m1/s1. The molecule has 5 aliphatic carbocycles. The van der Waals surface area contributed by atoms with E-state index in [4.69, 9.17) is 10.1 Å². The van der Waals surface area contributed by atoms with Crippen molar-refractivity contribution in [2.24, 2.45) is 52.8 Å². The number of hydrogen-bond acceptors (Lipinski definition) is 3. The average molecular weight is 368 g/mol. The van der Waals surface area contributed by atoms with Gasteiger partial charge in [-0.2, -0.15) is 0 Å². The van der Waals surface area contributed by atoms with E-state index in [0.717, 1.165) is 42.2 Å². The van der Waals surface area contributed by atoms with Crippen molar-refractivity contribution in [2.75, 3.05) is 0 Å². The summed E-state index contributed by atoms with van der Waals surface area (Å²) in [5, 5.41) is 8.19. The fraction of sp³-hybridized carbons (Fsp3) is 0.833. The van der Waals surface area contributed by atoms with Crippen molar-refractivity contribution in [2.45, 2.75) is 71.3 Å². The van der Waals surface area contributed by atoms with Crippen LogP contribution in [0.5, 0.6) is 0 Å². The molecule has 27 heavy (non-hydrogen) atoms. The molecule has 6 aliphatic rings. The SMILES string of the molecule is C[C@@H]1C2C(CC[C@@]3(C)C2[C@H]2CC2C32CCC(=O)O2)C2CCC(=N)C=C2[C@@H]1C. The van der Waals surface area contributed by atoms with E-state index in [1.54, 1.807) is 5.57 Å². The molecule has 1 aliphatic heterocycles. The van der Waals surface area contributed by atoms with Crippen LogP contribution in [0.4, 0.5) is 0 Å². The first-order valence-corrected chi connectivity index (χ1v) is 11.4. The molecule has 1 N–H and O–H groups in total. The van der Waals surface area contributed by atoms with Gasteiger partial charge in [-0.05, 0) is 86.0 Å². The number of ether oxygens (including phenoxy) is 1. The molecular formula is C24H33NO2. The van der Waals surface area contributed by atoms with Crippen molar-refractivity contribution < 1.29 is 9.53 Å². The van der Waals surface area contributed by atoms with E-state index in [0.29, 0.717) is 30.1 Å². The fourth-order valence-corrected chi connectivity index (χ4v) is 9.21. The van der Waals surface area contributed by atoms with Gasteiger partial charge in [0.15, 0.2) is 0 Å². The first-order chi connectivity index (χ1) is 12.9. The number of nitrogens with one attached hydrogen (secondary N) is 1. The lowest BCUT2D eigenvalue weighted by Gasteiger charge is -2.60. The Morgan fingerprint density at radius 2 is 1.96 bits per heavy atom. The maximum absolute atomic E-state index is 12.2. The Hall–Kier alpha value is -1.12. The summed E-state index contributed by atoms with van der Waals surface area (Å²) in [6.45, 7) is 7.42. The molecule has 1 heterocycles. The molecule has 6 rings (SSSR count). The van der Waals surface area contributed by atoms with Crippen LogP contribution in [0.25, 0.3) is 0 Å². The summed E-state index contributed by atoms with van der Waals surface area (Å²) < 4.78 is 6.22. The van der Waals surface area contributed by atoms with Crippen LogP contribution in [0.15, 0.2) is 11.6 Å². The maximum atomic E-state index is 12.2. The Kier molecular flexibility index (Phi) is 3.16. The summed E-state index contributed by atoms with van der Waals surface area (Å²) in [7, 11) is 0. The largest absolute Gasteiger partial charge is 0.458 e. The van der Waals surface area contributed by atoms with Gasteiger partial charge in [-0.3, -0.25) is 4.79 Å². The topological polar surface area (TPSA) is 50.2 Å². The summed E-state index contributed by atoms with van der Waals surface area (Å²) in [6, 6.07) is 0. The molecule has 146 valence electrons. The lowest BCUT2D eigenvalue weighted by molar-refractivity contribution is -0.177. The predicted octanol–water partition coefficient (Wildman–Crippen LogP) is 5.00. The quantitative estimate of drug-likeness (QED) is 0.612. The van der Waals surface area contributed by atoms with Crippen LogP contribution in [0, 0.1) is 58.2 Å². The van der Waals surface area contributed by atoms with Crippen LogP contribution in [-0.2, 0) is 9.53 Å². The Labute approximate surface area is 162 Å². The Bertz CT molecular complexity index is 770. The van der Waals surface area contributed by atoms with Gasteiger partial charge in [0.2, 0.25) is 0 Å². The van der Waals surface area contributed by atoms with E-state index in [-0.39, 0.29) is 17.0 Å². The molecule has 1 saturated heterocycles. The van der Waals surface area contributed by atoms with E-state index in [1.165, 1.54) is 25.7 Å². The van der Waals surface area contributed by atoms with Crippen molar-refractivity contribution in [3.8, 4) is 0 Å². The molecule has 3 nitrogen and oxygen atoms in total. The highest BCUT2D eigenvalue weighted by molar-refractivity contribution is 5.94. The summed E-state index contributed by atoms with van der Waals surface area (Å²) in [6.07, 6.45) is 9.86. The van der Waals surface area contributed by atoms with Gasteiger partial charge in [0, 0.05) is 23.5 Å². The third kappa shape index (κ3) is 1.85. The smallest absolute Gasteiger partial charge is 0.306 e. The number of carbonyl (C=O) groups is 1. The molecule has 0 aromatic carbocycles. The molecule has 0 aromatic heterocycles. The number of fused-ring (bicyclic) bond motifs is 9. The molecule has 1 spiro atoms. The van der Waals surface area contributed by atoms with Crippen molar-refractivity contribution in [3.05, 3.63) is 11.6 Å². The Morgan fingerprint density at radius 1 is 1.15 bits per heavy atom. The molecule has 0 aromatic rings. The maximum Gasteiger partial charge on any atom is 0.306 e. The van der Waals surface area contributed by atoms with E-state index in [9.17, 15) is 4.79 Å². The van der Waals surface area contributed by atoms with Gasteiger partial charge in [0.05, 0.1) is 0 Å². The van der Waals surface area contributed by atoms with Gasteiger partial charge < -0.3 is 10.1 Å². The molecule has 0 amide bonds. The summed E-state index contributed by atoms with van der Waals surface area (Å²) in [5.74, 6) is 5.81. The van der Waals surface area contributed by atoms with Crippen molar-refractivity contribution in [1.29, 1.82) is 5.41 Å². The van der Waals surface area contributed by atoms with E-state index in [2.05, 4.69) is 26.8 Å². The predicted molar refractivity (Wildman–Crippen MR) is 104 cm³/mol. The van der Waals surface area contributed by atoms with Crippen LogP contribution in [0.2, 0.25) is 0 Å². The zero-order chi connectivity index (χ0) is 18.7. The van der Waals surface area contributed by atoms with Crippen LogP contribution in [-0.4, -0.2) is 17.3 Å². The second kappa shape index (κ2) is 5.07. The first kappa shape index (κ1) is 16.8. The highest BCUT2D eigenvalue weighted by atomic mass is 16.6. The molecular weight excluding hydrogens is 334 g/mol. The lowest BCUT2D eigenvalue weighted by Crippen LogP contribution is -2.57. The van der Waals surface area contributed by atoms with Gasteiger partial charge in [-0.15, -0.1) is 0 Å². The average Bonchev–Trinajstić information content (AvgIpc) is 3.28. The van der Waals surface area contributed by atoms with Crippen LogP contribution in [0.3, 0.4) is 0 Å². The molecule has 10 atom stereocenters. The molecule has 0 radical (unpaired) electrons. The van der Waals surface area contributed by atoms with Gasteiger partial charge in [0.1, 0.15) is 5.60 Å². The van der Waals surface area contributed by atoms with Gasteiger partial charge in [-0.25, -0.2) is 0 Å². The molecule has 0 bridgehead atoms. The summed E-state index contributed by atoms with van der Waals surface area (Å²) in [5.41, 5.74) is 2.51. The number of hydrogen-bond donors (Lipinski definition) is 1.